The van der Waals surface area contributed by atoms with Gasteiger partial charge >= 0.3 is 0 Å². The Morgan fingerprint density at radius 2 is 1.89 bits per heavy atom. The Balaban J connectivity index is 1.98. The normalized spacial score (nSPS) is 31.8. The van der Waals surface area contributed by atoms with Gasteiger partial charge in [-0.15, -0.1) is 0 Å². The average Bonchev–Trinajstić information content (AvgIpc) is 2.53. The number of rotatable bonds is 4. The highest BCUT2D eigenvalue weighted by Gasteiger charge is 2.40. The SMILES string of the molecule is C=C1C(CCCC(C)C)C(=C)C2CC(C)=CCC12. The summed E-state index contributed by atoms with van der Waals surface area (Å²) in [6, 6.07) is 0. The van der Waals surface area contributed by atoms with Gasteiger partial charge in [0.25, 0.3) is 0 Å². The fourth-order valence-electron chi connectivity index (χ4n) is 3.72. The molecule has 100 valence electrons. The molecular weight excluding hydrogens is 216 g/mol. The smallest absolute Gasteiger partial charge is 0.000776 e. The van der Waals surface area contributed by atoms with Crippen molar-refractivity contribution >= 4 is 0 Å². The zero-order chi connectivity index (χ0) is 13.3. The topological polar surface area (TPSA) is 0 Å². The molecule has 0 nitrogen and oxygen atoms in total. The van der Waals surface area contributed by atoms with E-state index in [1.807, 2.05) is 0 Å². The second kappa shape index (κ2) is 5.47. The summed E-state index contributed by atoms with van der Waals surface area (Å²) in [5.74, 6) is 2.83. The van der Waals surface area contributed by atoms with Crippen LogP contribution in [-0.2, 0) is 0 Å². The fraction of sp³-hybridized carbons (Fsp3) is 0.667. The van der Waals surface area contributed by atoms with Gasteiger partial charge in [-0.1, -0.05) is 62.6 Å². The van der Waals surface area contributed by atoms with Gasteiger partial charge in [-0.25, -0.2) is 0 Å². The van der Waals surface area contributed by atoms with Crippen LogP contribution in [0.3, 0.4) is 0 Å². The van der Waals surface area contributed by atoms with Gasteiger partial charge in [0, 0.05) is 5.92 Å². The van der Waals surface area contributed by atoms with Gasteiger partial charge < -0.3 is 0 Å². The van der Waals surface area contributed by atoms with E-state index in [9.17, 15) is 0 Å². The van der Waals surface area contributed by atoms with Crippen LogP contribution in [-0.4, -0.2) is 0 Å². The number of allylic oxidation sites excluding steroid dienone is 4. The van der Waals surface area contributed by atoms with Crippen molar-refractivity contribution in [1.29, 1.82) is 0 Å². The van der Waals surface area contributed by atoms with Crippen molar-refractivity contribution in [1.82, 2.24) is 0 Å². The van der Waals surface area contributed by atoms with Crippen molar-refractivity contribution in [3.05, 3.63) is 36.0 Å². The second-order valence-corrected chi connectivity index (χ2v) is 6.73. The molecule has 2 aliphatic rings. The van der Waals surface area contributed by atoms with E-state index in [2.05, 4.69) is 40.0 Å². The molecule has 0 aliphatic heterocycles. The summed E-state index contributed by atoms with van der Waals surface area (Å²) < 4.78 is 0. The van der Waals surface area contributed by atoms with Crippen LogP contribution in [0.5, 0.6) is 0 Å². The molecule has 0 bridgehead atoms. The number of hydrogen-bond donors (Lipinski definition) is 0. The Morgan fingerprint density at radius 3 is 2.56 bits per heavy atom. The van der Waals surface area contributed by atoms with Crippen LogP contribution in [0, 0.1) is 23.7 Å². The molecule has 0 aromatic carbocycles. The standard InChI is InChI=1S/C18H28/c1-12(2)7-6-8-16-14(4)17-10-9-13(3)11-18(17)15(16)5/h9,12,16-18H,4-8,10-11H2,1-3H3. The van der Waals surface area contributed by atoms with Crippen LogP contribution in [0.1, 0.15) is 52.9 Å². The Hall–Kier alpha value is -0.780. The molecule has 18 heavy (non-hydrogen) atoms. The van der Waals surface area contributed by atoms with Crippen molar-refractivity contribution < 1.29 is 0 Å². The molecule has 0 amide bonds. The third kappa shape index (κ3) is 2.63. The molecule has 1 fully saturated rings. The lowest BCUT2D eigenvalue weighted by molar-refractivity contribution is 0.453. The van der Waals surface area contributed by atoms with Crippen molar-refractivity contribution in [2.45, 2.75) is 52.9 Å². The highest BCUT2D eigenvalue weighted by atomic mass is 14.4. The van der Waals surface area contributed by atoms with Gasteiger partial charge in [0.15, 0.2) is 0 Å². The van der Waals surface area contributed by atoms with Gasteiger partial charge in [0.2, 0.25) is 0 Å². The molecule has 0 radical (unpaired) electrons. The molecule has 2 aliphatic carbocycles. The molecule has 0 N–H and O–H groups in total. The molecule has 3 unspecified atom stereocenters. The lowest BCUT2D eigenvalue weighted by atomic mass is 9.80. The van der Waals surface area contributed by atoms with Crippen LogP contribution in [0.2, 0.25) is 0 Å². The van der Waals surface area contributed by atoms with E-state index in [1.54, 1.807) is 5.57 Å². The van der Waals surface area contributed by atoms with E-state index in [0.29, 0.717) is 17.8 Å². The Bertz CT molecular complexity index is 369. The van der Waals surface area contributed by atoms with Crippen LogP contribution in [0.15, 0.2) is 36.0 Å². The summed E-state index contributed by atoms with van der Waals surface area (Å²) in [6.07, 6.45) is 8.78. The minimum atomic E-state index is 0.609. The molecular formula is C18H28. The predicted octanol–water partition coefficient (Wildman–Crippen LogP) is 5.53. The lowest BCUT2D eigenvalue weighted by Crippen LogP contribution is -2.13. The maximum Gasteiger partial charge on any atom is 0.000776 e. The van der Waals surface area contributed by atoms with E-state index in [0.717, 1.165) is 5.92 Å². The zero-order valence-electron chi connectivity index (χ0n) is 12.3. The van der Waals surface area contributed by atoms with Crippen molar-refractivity contribution in [2.24, 2.45) is 23.7 Å². The first kappa shape index (κ1) is 13.6. The minimum Gasteiger partial charge on any atom is -0.0989 e. The first-order valence-corrected chi connectivity index (χ1v) is 7.53. The second-order valence-electron chi connectivity index (χ2n) is 6.73. The zero-order valence-corrected chi connectivity index (χ0v) is 12.3. The molecule has 2 rings (SSSR count). The maximum absolute atomic E-state index is 4.41. The molecule has 1 saturated carbocycles. The maximum atomic E-state index is 4.41. The summed E-state index contributed by atoms with van der Waals surface area (Å²) in [5, 5.41) is 0. The summed E-state index contributed by atoms with van der Waals surface area (Å²) in [7, 11) is 0. The first-order chi connectivity index (χ1) is 8.50. The molecule has 0 aromatic rings. The molecule has 0 heteroatoms. The lowest BCUT2D eigenvalue weighted by Gasteiger charge is -2.24. The Morgan fingerprint density at radius 1 is 1.22 bits per heavy atom. The summed E-state index contributed by atoms with van der Waals surface area (Å²) >= 11 is 0. The Kier molecular flexibility index (Phi) is 4.14. The van der Waals surface area contributed by atoms with Crippen LogP contribution in [0.25, 0.3) is 0 Å². The van der Waals surface area contributed by atoms with Crippen molar-refractivity contribution in [3.8, 4) is 0 Å². The number of hydrogen-bond acceptors (Lipinski definition) is 0. The van der Waals surface area contributed by atoms with Crippen molar-refractivity contribution in [2.75, 3.05) is 0 Å². The Labute approximate surface area is 113 Å². The number of fused-ring (bicyclic) bond motifs is 1. The van der Waals surface area contributed by atoms with Gasteiger partial charge in [0.1, 0.15) is 0 Å². The first-order valence-electron chi connectivity index (χ1n) is 7.53. The molecule has 0 aromatic heterocycles. The largest absolute Gasteiger partial charge is 0.0989 e. The molecule has 3 atom stereocenters. The third-order valence-corrected chi connectivity index (χ3v) is 4.87. The highest BCUT2D eigenvalue weighted by Crippen LogP contribution is 2.51. The van der Waals surface area contributed by atoms with Gasteiger partial charge in [-0.05, 0) is 43.9 Å². The van der Waals surface area contributed by atoms with E-state index in [1.165, 1.54) is 43.3 Å². The predicted molar refractivity (Wildman–Crippen MR) is 80.4 cm³/mol. The molecule has 0 heterocycles. The van der Waals surface area contributed by atoms with E-state index >= 15 is 0 Å². The minimum absolute atomic E-state index is 0.609. The van der Waals surface area contributed by atoms with Crippen LogP contribution in [0.4, 0.5) is 0 Å². The molecule has 0 saturated heterocycles. The fourth-order valence-corrected chi connectivity index (χ4v) is 3.72. The summed E-state index contributed by atoms with van der Waals surface area (Å²) in [6.45, 7) is 15.7. The van der Waals surface area contributed by atoms with E-state index in [-0.39, 0.29) is 0 Å². The third-order valence-electron chi connectivity index (χ3n) is 4.87. The van der Waals surface area contributed by atoms with Crippen LogP contribution >= 0.6 is 0 Å². The van der Waals surface area contributed by atoms with Crippen molar-refractivity contribution in [3.63, 3.8) is 0 Å². The van der Waals surface area contributed by atoms with Crippen LogP contribution < -0.4 is 0 Å². The highest BCUT2D eigenvalue weighted by molar-refractivity contribution is 5.35. The molecule has 0 spiro atoms. The van der Waals surface area contributed by atoms with E-state index < -0.39 is 0 Å². The monoisotopic (exact) mass is 244 g/mol. The van der Waals surface area contributed by atoms with Gasteiger partial charge in [0.05, 0.1) is 0 Å². The van der Waals surface area contributed by atoms with Gasteiger partial charge in [-0.2, -0.15) is 0 Å². The van der Waals surface area contributed by atoms with E-state index in [4.69, 9.17) is 0 Å². The summed E-state index contributed by atoms with van der Waals surface area (Å²) in [4.78, 5) is 0. The summed E-state index contributed by atoms with van der Waals surface area (Å²) in [5.41, 5.74) is 4.52. The van der Waals surface area contributed by atoms with Gasteiger partial charge in [-0.3, -0.25) is 0 Å². The quantitative estimate of drug-likeness (QED) is 0.571. The average molecular weight is 244 g/mol.